The van der Waals surface area contributed by atoms with E-state index in [4.69, 9.17) is 11.5 Å². The van der Waals surface area contributed by atoms with Gasteiger partial charge in [-0.2, -0.15) is 0 Å². The molecule has 0 aromatic carbocycles. The Labute approximate surface area is 53.7 Å². The Morgan fingerprint density at radius 1 is 1.56 bits per heavy atom. The highest BCUT2D eigenvalue weighted by molar-refractivity contribution is 5.30. The van der Waals surface area contributed by atoms with Crippen molar-refractivity contribution in [3.05, 3.63) is 24.0 Å². The number of nitrogens with two attached hydrogens (primary N) is 1. The number of pyridine rings is 1. The summed E-state index contributed by atoms with van der Waals surface area (Å²) in [5.74, 6) is 0. The van der Waals surface area contributed by atoms with Crippen LogP contribution in [0.3, 0.4) is 0 Å². The molecular weight excluding hydrogens is 114 g/mol. The number of nitrogens with one attached hydrogen (secondary N) is 1. The van der Waals surface area contributed by atoms with Gasteiger partial charge in [-0.1, -0.05) is 0 Å². The van der Waals surface area contributed by atoms with E-state index in [2.05, 4.69) is 4.98 Å². The fourth-order valence-electron chi connectivity index (χ4n) is 0.545. The second kappa shape index (κ2) is 2.46. The second-order valence-electron chi connectivity index (χ2n) is 1.74. The summed E-state index contributed by atoms with van der Waals surface area (Å²) in [6.45, 7) is 0.445. The molecule has 0 spiro atoms. The van der Waals surface area contributed by atoms with E-state index < -0.39 is 0 Å². The van der Waals surface area contributed by atoms with Gasteiger partial charge in [-0.15, -0.1) is 0 Å². The third-order valence-electron chi connectivity index (χ3n) is 1.03. The van der Waals surface area contributed by atoms with Gasteiger partial charge in [0.1, 0.15) is 0 Å². The van der Waals surface area contributed by atoms with Gasteiger partial charge in [0.2, 0.25) is 0 Å². The van der Waals surface area contributed by atoms with E-state index >= 15 is 0 Å². The molecule has 0 aliphatic carbocycles. The molecule has 1 aromatic heterocycles. The first kappa shape index (κ1) is 6.04. The van der Waals surface area contributed by atoms with E-state index in [9.17, 15) is 0 Å². The van der Waals surface area contributed by atoms with Gasteiger partial charge in [-0.05, 0) is 12.1 Å². The van der Waals surface area contributed by atoms with Crippen LogP contribution in [0.2, 0.25) is 0 Å². The van der Waals surface area contributed by atoms with E-state index in [0.717, 1.165) is 5.69 Å². The maximum atomic E-state index is 7.06. The van der Waals surface area contributed by atoms with Gasteiger partial charge in [0.15, 0.2) is 0 Å². The first-order chi connectivity index (χ1) is 4.33. The molecule has 0 unspecified atom stereocenters. The minimum absolute atomic E-state index is 0.423. The average Bonchev–Trinajstić information content (AvgIpc) is 1.90. The molecule has 0 fully saturated rings. The summed E-state index contributed by atoms with van der Waals surface area (Å²) < 4.78 is 0. The summed E-state index contributed by atoms with van der Waals surface area (Å²) in [4.78, 5) is 3.88. The normalized spacial score (nSPS) is 9.44. The molecule has 47 valence electrons. The monoisotopic (exact) mass is 122 g/mol. The smallest absolute Gasteiger partial charge is 0.0723 e. The van der Waals surface area contributed by atoms with Crippen LogP contribution in [0.1, 0.15) is 5.69 Å². The predicted molar refractivity (Wildman–Crippen MR) is 34.9 cm³/mol. The quantitative estimate of drug-likeness (QED) is 0.588. The molecule has 1 aromatic rings. The van der Waals surface area contributed by atoms with E-state index in [1.165, 1.54) is 6.20 Å². The molecule has 3 heteroatoms. The second-order valence-corrected chi connectivity index (χ2v) is 1.74. The Morgan fingerprint density at radius 2 is 2.33 bits per heavy atom. The van der Waals surface area contributed by atoms with Crippen molar-refractivity contribution >= 4 is 5.69 Å². The molecule has 0 saturated carbocycles. The Balaban J connectivity index is 2.88. The predicted octanol–water partition coefficient (Wildman–Crippen LogP) is 0.455. The molecule has 9 heavy (non-hydrogen) atoms. The summed E-state index contributed by atoms with van der Waals surface area (Å²) >= 11 is 0. The van der Waals surface area contributed by atoms with Crippen molar-refractivity contribution in [2.75, 3.05) is 0 Å². The zero-order valence-electron chi connectivity index (χ0n) is 4.96. The van der Waals surface area contributed by atoms with Crippen molar-refractivity contribution in [3.63, 3.8) is 0 Å². The van der Waals surface area contributed by atoms with Crippen molar-refractivity contribution in [2.24, 2.45) is 5.73 Å². The van der Waals surface area contributed by atoms with Crippen LogP contribution in [-0.2, 0) is 6.54 Å². The minimum atomic E-state index is 0.423. The minimum Gasteiger partial charge on any atom is -0.325 e. The Morgan fingerprint density at radius 3 is 2.78 bits per heavy atom. The van der Waals surface area contributed by atoms with Gasteiger partial charge in [0.25, 0.3) is 0 Å². The summed E-state index contributed by atoms with van der Waals surface area (Å²) in [5, 5.41) is 0. The fraction of sp³-hybridized carbons (Fsp3) is 0.167. The maximum absolute atomic E-state index is 7.06. The summed E-state index contributed by atoms with van der Waals surface area (Å²) in [6.07, 6.45) is 1.49. The summed E-state index contributed by atoms with van der Waals surface area (Å²) in [6, 6.07) is 3.43. The third-order valence-corrected chi connectivity index (χ3v) is 1.03. The molecular formula is C6H8N3. The van der Waals surface area contributed by atoms with Crippen molar-refractivity contribution in [3.8, 4) is 0 Å². The molecule has 0 atom stereocenters. The lowest BCUT2D eigenvalue weighted by Crippen LogP contribution is -1.97. The van der Waals surface area contributed by atoms with Crippen LogP contribution < -0.4 is 11.5 Å². The molecule has 3 nitrogen and oxygen atoms in total. The van der Waals surface area contributed by atoms with Crippen molar-refractivity contribution in [1.82, 2.24) is 10.7 Å². The molecule has 0 saturated heterocycles. The van der Waals surface area contributed by atoms with Crippen molar-refractivity contribution in [1.29, 1.82) is 0 Å². The standard InChI is InChI=1S/C6H8N3/c7-3-6-2-1-5(8)4-9-6/h1-2,4,8H,3,7H2. The van der Waals surface area contributed by atoms with E-state index in [1.54, 1.807) is 12.1 Å². The lowest BCUT2D eigenvalue weighted by atomic mass is 10.3. The molecule has 1 heterocycles. The summed E-state index contributed by atoms with van der Waals surface area (Å²) in [5.41, 5.74) is 13.6. The highest BCUT2D eigenvalue weighted by Gasteiger charge is 1.87. The highest BCUT2D eigenvalue weighted by Crippen LogP contribution is 2.00. The van der Waals surface area contributed by atoms with Crippen LogP contribution in [0.25, 0.3) is 0 Å². The number of nitrogens with zero attached hydrogens (tertiary/aromatic N) is 1. The lowest BCUT2D eigenvalue weighted by Gasteiger charge is -1.92. The molecule has 0 aliphatic heterocycles. The Hall–Kier alpha value is -1.09. The molecule has 0 aliphatic rings. The molecule has 3 N–H and O–H groups in total. The highest BCUT2D eigenvalue weighted by atomic mass is 14.7. The number of hydrogen-bond donors (Lipinski definition) is 1. The zero-order valence-corrected chi connectivity index (χ0v) is 4.96. The summed E-state index contributed by atoms with van der Waals surface area (Å²) in [7, 11) is 0. The third kappa shape index (κ3) is 1.40. The number of hydrogen-bond acceptors (Lipinski definition) is 2. The first-order valence-corrected chi connectivity index (χ1v) is 2.69. The van der Waals surface area contributed by atoms with Gasteiger partial charge in [-0.3, -0.25) is 10.7 Å². The van der Waals surface area contributed by atoms with E-state index in [-0.39, 0.29) is 0 Å². The van der Waals surface area contributed by atoms with Gasteiger partial charge in [0, 0.05) is 6.54 Å². The van der Waals surface area contributed by atoms with Crippen LogP contribution >= 0.6 is 0 Å². The zero-order chi connectivity index (χ0) is 6.69. The molecule has 0 bridgehead atoms. The average molecular weight is 122 g/mol. The van der Waals surface area contributed by atoms with Crippen LogP contribution in [0.15, 0.2) is 18.3 Å². The van der Waals surface area contributed by atoms with Gasteiger partial charge >= 0.3 is 0 Å². The molecule has 0 amide bonds. The largest absolute Gasteiger partial charge is 0.325 e. The lowest BCUT2D eigenvalue weighted by molar-refractivity contribution is 0.989. The Kier molecular flexibility index (Phi) is 1.65. The van der Waals surface area contributed by atoms with E-state index in [1.807, 2.05) is 0 Å². The topological polar surface area (TPSA) is 62.7 Å². The molecule has 1 radical (unpaired) electrons. The van der Waals surface area contributed by atoms with Crippen LogP contribution in [0, 0.1) is 0 Å². The number of rotatable bonds is 1. The SMILES string of the molecule is [NH]c1ccc(CN)nc1. The number of aromatic nitrogens is 1. The van der Waals surface area contributed by atoms with E-state index in [0.29, 0.717) is 12.2 Å². The maximum Gasteiger partial charge on any atom is 0.0723 e. The van der Waals surface area contributed by atoms with Gasteiger partial charge < -0.3 is 5.73 Å². The van der Waals surface area contributed by atoms with Crippen molar-refractivity contribution in [2.45, 2.75) is 6.54 Å². The first-order valence-electron chi connectivity index (χ1n) is 2.69. The molecule has 1 rings (SSSR count). The Bertz CT molecular complexity index is 180. The van der Waals surface area contributed by atoms with Crippen molar-refractivity contribution < 1.29 is 0 Å². The fourth-order valence-corrected chi connectivity index (χ4v) is 0.545. The van der Waals surface area contributed by atoms with Gasteiger partial charge in [-0.25, -0.2) is 0 Å². The van der Waals surface area contributed by atoms with Gasteiger partial charge in [0.05, 0.1) is 17.6 Å². The van der Waals surface area contributed by atoms with Crippen LogP contribution in [0.4, 0.5) is 5.69 Å². The van der Waals surface area contributed by atoms with Crippen LogP contribution in [0.5, 0.6) is 0 Å². The van der Waals surface area contributed by atoms with Crippen LogP contribution in [-0.4, -0.2) is 4.98 Å².